The number of hydrogen-bond donors (Lipinski definition) is 1. The van der Waals surface area contributed by atoms with Gasteiger partial charge in [0.1, 0.15) is 5.82 Å². The van der Waals surface area contributed by atoms with Crippen molar-refractivity contribution >= 4 is 23.6 Å². The van der Waals surface area contributed by atoms with E-state index < -0.39 is 29.0 Å². The minimum atomic E-state index is -1.14. The van der Waals surface area contributed by atoms with E-state index in [9.17, 15) is 14.0 Å². The zero-order valence-electron chi connectivity index (χ0n) is 11.0. The van der Waals surface area contributed by atoms with E-state index in [1.165, 1.54) is 19.1 Å². The first-order valence-corrected chi connectivity index (χ1v) is 6.17. The average Bonchev–Trinajstić information content (AvgIpc) is 2.38. The lowest BCUT2D eigenvalue weighted by molar-refractivity contribution is 0.0601. The van der Waals surface area contributed by atoms with Crippen molar-refractivity contribution in [2.24, 2.45) is 0 Å². The van der Waals surface area contributed by atoms with Gasteiger partial charge in [-0.3, -0.25) is 10.1 Å². The van der Waals surface area contributed by atoms with E-state index in [-0.39, 0.29) is 5.02 Å². The van der Waals surface area contributed by atoms with Crippen molar-refractivity contribution in [3.05, 3.63) is 34.6 Å². The highest BCUT2D eigenvalue weighted by Crippen LogP contribution is 2.19. The zero-order valence-corrected chi connectivity index (χ0v) is 11.8. The van der Waals surface area contributed by atoms with Crippen LogP contribution in [0.25, 0.3) is 0 Å². The zero-order chi connectivity index (χ0) is 15.3. The molecule has 20 heavy (non-hydrogen) atoms. The number of benzene rings is 1. The Morgan fingerprint density at radius 3 is 2.70 bits per heavy atom. The van der Waals surface area contributed by atoms with E-state index in [4.69, 9.17) is 22.8 Å². The summed E-state index contributed by atoms with van der Waals surface area (Å²) < 4.78 is 18.4. The first-order valence-electron chi connectivity index (χ1n) is 5.79. The van der Waals surface area contributed by atoms with Crippen LogP contribution in [0.1, 0.15) is 30.6 Å². The molecule has 0 aliphatic rings. The molecule has 0 fully saturated rings. The standard InChI is InChI=1S/C14H13ClFNO3/c1-4-14(3,5-2)20-13(19)17-12(18)11-9(15)7-6-8-10(11)16/h1,6-8H,5H2,2-3H3,(H,17,18,19). The van der Waals surface area contributed by atoms with Gasteiger partial charge in [-0.05, 0) is 25.5 Å². The fraction of sp³-hybridized carbons (Fsp3) is 0.286. The van der Waals surface area contributed by atoms with Gasteiger partial charge in [0.25, 0.3) is 5.91 Å². The highest BCUT2D eigenvalue weighted by atomic mass is 35.5. The van der Waals surface area contributed by atoms with E-state index in [0.717, 1.165) is 6.07 Å². The van der Waals surface area contributed by atoms with Gasteiger partial charge in [0.05, 0.1) is 10.6 Å². The molecule has 1 aromatic carbocycles. The molecule has 0 saturated heterocycles. The quantitative estimate of drug-likeness (QED) is 0.872. The highest BCUT2D eigenvalue weighted by molar-refractivity contribution is 6.34. The summed E-state index contributed by atoms with van der Waals surface area (Å²) in [6, 6.07) is 3.74. The van der Waals surface area contributed by atoms with Crippen LogP contribution in [0, 0.1) is 18.2 Å². The van der Waals surface area contributed by atoms with Crippen molar-refractivity contribution in [2.75, 3.05) is 0 Å². The van der Waals surface area contributed by atoms with Gasteiger partial charge in [-0.1, -0.05) is 30.5 Å². The van der Waals surface area contributed by atoms with Crippen LogP contribution in [0.4, 0.5) is 9.18 Å². The van der Waals surface area contributed by atoms with Gasteiger partial charge >= 0.3 is 6.09 Å². The van der Waals surface area contributed by atoms with Crippen LogP contribution in [0.3, 0.4) is 0 Å². The number of carbonyl (C=O) groups is 2. The van der Waals surface area contributed by atoms with Crippen LogP contribution in [0.2, 0.25) is 5.02 Å². The van der Waals surface area contributed by atoms with Crippen molar-refractivity contribution in [3.8, 4) is 12.3 Å². The molecule has 6 heteroatoms. The molecule has 0 aliphatic carbocycles. The Hall–Kier alpha value is -2.06. The molecule has 0 aromatic heterocycles. The predicted molar refractivity (Wildman–Crippen MR) is 72.9 cm³/mol. The van der Waals surface area contributed by atoms with Gasteiger partial charge in [-0.25, -0.2) is 9.18 Å². The maximum atomic E-state index is 13.5. The lowest BCUT2D eigenvalue weighted by atomic mass is 10.1. The minimum absolute atomic E-state index is 0.106. The smallest absolute Gasteiger partial charge is 0.415 e. The van der Waals surface area contributed by atoms with Crippen molar-refractivity contribution in [1.82, 2.24) is 5.32 Å². The molecule has 0 aliphatic heterocycles. The summed E-state index contributed by atoms with van der Waals surface area (Å²) in [5.74, 6) is 0.473. The maximum absolute atomic E-state index is 13.5. The number of ether oxygens (including phenoxy) is 1. The highest BCUT2D eigenvalue weighted by Gasteiger charge is 2.26. The number of carbonyl (C=O) groups excluding carboxylic acids is 2. The molecule has 0 saturated carbocycles. The molecule has 0 spiro atoms. The van der Waals surface area contributed by atoms with Crippen LogP contribution in [0.15, 0.2) is 18.2 Å². The third-order valence-electron chi connectivity index (χ3n) is 2.70. The van der Waals surface area contributed by atoms with Gasteiger partial charge in [0.2, 0.25) is 0 Å². The maximum Gasteiger partial charge on any atom is 0.415 e. The monoisotopic (exact) mass is 297 g/mol. The first kappa shape index (κ1) is 16.0. The van der Waals surface area contributed by atoms with Crippen LogP contribution in [-0.4, -0.2) is 17.6 Å². The molecular formula is C14H13ClFNO3. The summed E-state index contributed by atoms with van der Waals surface area (Å²) in [5, 5.41) is 1.78. The molecule has 1 atom stereocenters. The van der Waals surface area contributed by atoms with Crippen LogP contribution in [-0.2, 0) is 4.74 Å². The predicted octanol–water partition coefficient (Wildman–Crippen LogP) is 3.15. The summed E-state index contributed by atoms with van der Waals surface area (Å²) in [4.78, 5) is 23.3. The van der Waals surface area contributed by atoms with E-state index >= 15 is 0 Å². The lowest BCUT2D eigenvalue weighted by Gasteiger charge is -2.21. The van der Waals surface area contributed by atoms with Gasteiger partial charge in [-0.15, -0.1) is 6.42 Å². The number of imide groups is 1. The number of hydrogen-bond acceptors (Lipinski definition) is 3. The molecule has 4 nitrogen and oxygen atoms in total. The Morgan fingerprint density at radius 1 is 1.55 bits per heavy atom. The van der Waals surface area contributed by atoms with E-state index in [2.05, 4.69) is 5.92 Å². The number of rotatable bonds is 3. The normalized spacial score (nSPS) is 12.9. The largest absolute Gasteiger partial charge is 0.430 e. The third kappa shape index (κ3) is 3.72. The second-order valence-electron chi connectivity index (χ2n) is 4.17. The molecule has 1 N–H and O–H groups in total. The van der Waals surface area contributed by atoms with Gasteiger partial charge < -0.3 is 4.74 Å². The van der Waals surface area contributed by atoms with Crippen molar-refractivity contribution in [2.45, 2.75) is 25.9 Å². The second kappa shape index (κ2) is 6.40. The molecule has 0 radical (unpaired) electrons. The molecule has 1 unspecified atom stereocenters. The van der Waals surface area contributed by atoms with E-state index in [1.54, 1.807) is 6.92 Å². The van der Waals surface area contributed by atoms with Gasteiger partial charge in [0.15, 0.2) is 5.60 Å². The summed E-state index contributed by atoms with van der Waals surface area (Å²) in [7, 11) is 0. The molecule has 0 heterocycles. The van der Waals surface area contributed by atoms with Gasteiger partial charge in [0, 0.05) is 0 Å². The molecule has 106 valence electrons. The Morgan fingerprint density at radius 2 is 2.20 bits per heavy atom. The molecule has 1 rings (SSSR count). The number of amides is 2. The van der Waals surface area contributed by atoms with E-state index in [0.29, 0.717) is 6.42 Å². The van der Waals surface area contributed by atoms with Crippen LogP contribution < -0.4 is 5.32 Å². The Kier molecular flexibility index (Phi) is 5.12. The fourth-order valence-corrected chi connectivity index (χ4v) is 1.55. The Labute approximate surface area is 121 Å². The SMILES string of the molecule is C#CC(C)(CC)OC(=O)NC(=O)c1c(F)cccc1Cl. The summed E-state index contributed by atoms with van der Waals surface area (Å²) in [6.07, 6.45) is 4.54. The summed E-state index contributed by atoms with van der Waals surface area (Å²) in [6.45, 7) is 3.25. The fourth-order valence-electron chi connectivity index (χ4n) is 1.30. The van der Waals surface area contributed by atoms with Crippen LogP contribution >= 0.6 is 11.6 Å². The van der Waals surface area contributed by atoms with Crippen molar-refractivity contribution < 1.29 is 18.7 Å². The van der Waals surface area contributed by atoms with Crippen molar-refractivity contribution in [3.63, 3.8) is 0 Å². The molecule has 1 aromatic rings. The Bertz CT molecular complexity index is 562. The van der Waals surface area contributed by atoms with E-state index in [1.807, 2.05) is 5.32 Å². The average molecular weight is 298 g/mol. The number of nitrogens with one attached hydrogen (secondary N) is 1. The first-order chi connectivity index (χ1) is 9.33. The summed E-state index contributed by atoms with van der Waals surface area (Å²) >= 11 is 5.71. The van der Waals surface area contributed by atoms with Crippen molar-refractivity contribution in [1.29, 1.82) is 0 Å². The topological polar surface area (TPSA) is 55.4 Å². The number of terminal acetylenes is 1. The third-order valence-corrected chi connectivity index (χ3v) is 3.02. The molecule has 0 bridgehead atoms. The second-order valence-corrected chi connectivity index (χ2v) is 4.58. The molecular weight excluding hydrogens is 285 g/mol. The Balaban J connectivity index is 2.82. The number of halogens is 2. The van der Waals surface area contributed by atoms with Gasteiger partial charge in [-0.2, -0.15) is 0 Å². The molecule has 2 amide bonds. The minimum Gasteiger partial charge on any atom is -0.430 e. The lowest BCUT2D eigenvalue weighted by Crippen LogP contribution is -2.38. The number of alkyl carbamates (subject to hydrolysis) is 1. The summed E-state index contributed by atoms with van der Waals surface area (Å²) in [5.41, 5.74) is -1.56. The van der Waals surface area contributed by atoms with Crippen LogP contribution in [0.5, 0.6) is 0 Å².